The van der Waals surface area contributed by atoms with Crippen LogP contribution >= 0.6 is 0 Å². The molecule has 1 aromatic carbocycles. The third-order valence-electron chi connectivity index (χ3n) is 6.05. The molecule has 27 heavy (non-hydrogen) atoms. The van der Waals surface area contributed by atoms with Gasteiger partial charge >= 0.3 is 5.97 Å². The van der Waals surface area contributed by atoms with E-state index in [0.717, 1.165) is 31.4 Å². The number of carbonyl (C=O) groups excluding carboxylic acids is 2. The number of hydrogen-bond acceptors (Lipinski definition) is 3. The molecule has 0 unspecified atom stereocenters. The number of benzene rings is 1. The van der Waals surface area contributed by atoms with E-state index >= 15 is 0 Å². The summed E-state index contributed by atoms with van der Waals surface area (Å²) in [7, 11) is 0. The van der Waals surface area contributed by atoms with E-state index in [1.54, 1.807) is 12.1 Å². The maximum absolute atomic E-state index is 12.7. The summed E-state index contributed by atoms with van der Waals surface area (Å²) in [5, 5.41) is 0. The summed E-state index contributed by atoms with van der Waals surface area (Å²) in [6, 6.07) is 7.73. The molecule has 0 N–H and O–H groups in total. The molecule has 1 aliphatic heterocycles. The Balaban J connectivity index is 1.59. The SMILES string of the molecule is CC1(C)C[C@H]2C[C@](C)(CN2C(=O)COC(=O)c2ccc(C(C)(C)C)cc2)C1. The van der Waals surface area contributed by atoms with Crippen molar-refractivity contribution in [2.45, 2.75) is 72.3 Å². The van der Waals surface area contributed by atoms with E-state index in [2.05, 4.69) is 41.5 Å². The summed E-state index contributed by atoms with van der Waals surface area (Å²) in [4.78, 5) is 27.0. The van der Waals surface area contributed by atoms with Crippen molar-refractivity contribution in [3.05, 3.63) is 35.4 Å². The summed E-state index contributed by atoms with van der Waals surface area (Å²) in [6.45, 7) is 13.8. The second-order valence-electron chi connectivity index (χ2n) is 10.6. The minimum absolute atomic E-state index is 0.0376. The molecule has 2 bridgehead atoms. The van der Waals surface area contributed by atoms with Gasteiger partial charge in [-0.25, -0.2) is 4.79 Å². The lowest BCUT2D eigenvalue weighted by molar-refractivity contribution is -0.135. The van der Waals surface area contributed by atoms with Crippen LogP contribution in [0.3, 0.4) is 0 Å². The van der Waals surface area contributed by atoms with Crippen LogP contribution < -0.4 is 0 Å². The Morgan fingerprint density at radius 2 is 1.74 bits per heavy atom. The highest BCUT2D eigenvalue weighted by Gasteiger charge is 2.50. The normalized spacial score (nSPS) is 26.7. The van der Waals surface area contributed by atoms with E-state index in [1.165, 1.54) is 0 Å². The zero-order valence-electron chi connectivity index (χ0n) is 17.6. The number of fused-ring (bicyclic) bond motifs is 2. The van der Waals surface area contributed by atoms with Gasteiger partial charge in [-0.15, -0.1) is 0 Å². The van der Waals surface area contributed by atoms with Gasteiger partial charge in [-0.2, -0.15) is 0 Å². The summed E-state index contributed by atoms with van der Waals surface area (Å²) >= 11 is 0. The quantitative estimate of drug-likeness (QED) is 0.731. The molecular weight excluding hydrogens is 338 g/mol. The first-order chi connectivity index (χ1) is 12.4. The number of nitrogens with zero attached hydrogens (tertiary/aromatic N) is 1. The van der Waals surface area contributed by atoms with Gasteiger partial charge in [-0.3, -0.25) is 4.79 Å². The first-order valence-corrected chi connectivity index (χ1v) is 9.96. The van der Waals surface area contributed by atoms with Crippen LogP contribution in [0.1, 0.15) is 76.7 Å². The van der Waals surface area contributed by atoms with Crippen molar-refractivity contribution in [2.24, 2.45) is 10.8 Å². The molecule has 4 heteroatoms. The Morgan fingerprint density at radius 3 is 2.33 bits per heavy atom. The highest BCUT2D eigenvalue weighted by molar-refractivity contribution is 5.91. The fraction of sp³-hybridized carbons (Fsp3) is 0.652. The highest BCUT2D eigenvalue weighted by atomic mass is 16.5. The van der Waals surface area contributed by atoms with E-state index in [4.69, 9.17) is 4.74 Å². The van der Waals surface area contributed by atoms with Crippen LogP contribution in [0.4, 0.5) is 0 Å². The molecule has 1 saturated carbocycles. The second-order valence-corrected chi connectivity index (χ2v) is 10.6. The molecule has 4 nitrogen and oxygen atoms in total. The maximum atomic E-state index is 12.7. The number of carbonyl (C=O) groups is 2. The molecular formula is C23H33NO3. The predicted molar refractivity (Wildman–Crippen MR) is 107 cm³/mol. The summed E-state index contributed by atoms with van der Waals surface area (Å²) in [5.41, 5.74) is 2.14. The molecule has 2 aliphatic rings. The molecule has 1 aromatic rings. The predicted octanol–water partition coefficient (Wildman–Crippen LogP) is 4.57. The lowest BCUT2D eigenvalue weighted by Crippen LogP contribution is -2.39. The van der Waals surface area contributed by atoms with Gasteiger partial charge in [0, 0.05) is 12.6 Å². The minimum Gasteiger partial charge on any atom is -0.452 e. The monoisotopic (exact) mass is 371 g/mol. The standard InChI is InChI=1S/C23H33NO3/c1-21(2,3)17-9-7-16(8-10-17)20(26)27-13-19(25)24-15-23(6)12-18(24)11-22(4,5)14-23/h7-10,18H,11-15H2,1-6H3/t18-,23-/m0/s1. The smallest absolute Gasteiger partial charge is 0.338 e. The molecule has 1 heterocycles. The van der Waals surface area contributed by atoms with Crippen molar-refractivity contribution < 1.29 is 14.3 Å². The lowest BCUT2D eigenvalue weighted by Gasteiger charge is -2.39. The molecule has 0 radical (unpaired) electrons. The average molecular weight is 372 g/mol. The Kier molecular flexibility index (Phi) is 4.90. The Hall–Kier alpha value is -1.84. The number of esters is 1. The molecule has 2 fully saturated rings. The van der Waals surface area contributed by atoms with Crippen LogP contribution in [0.5, 0.6) is 0 Å². The third-order valence-corrected chi connectivity index (χ3v) is 6.05. The van der Waals surface area contributed by atoms with E-state index in [1.807, 2.05) is 17.0 Å². The first kappa shape index (κ1) is 19.9. The van der Waals surface area contributed by atoms with Gasteiger partial charge in [0.05, 0.1) is 5.56 Å². The van der Waals surface area contributed by atoms with Crippen molar-refractivity contribution >= 4 is 11.9 Å². The van der Waals surface area contributed by atoms with Crippen LogP contribution in [-0.4, -0.2) is 36.0 Å². The topological polar surface area (TPSA) is 46.6 Å². The number of ether oxygens (including phenoxy) is 1. The van der Waals surface area contributed by atoms with Gasteiger partial charge < -0.3 is 9.64 Å². The number of hydrogen-bond donors (Lipinski definition) is 0. The molecule has 1 amide bonds. The van der Waals surface area contributed by atoms with Gasteiger partial charge in [0.1, 0.15) is 0 Å². The lowest BCUT2D eigenvalue weighted by atomic mass is 9.65. The van der Waals surface area contributed by atoms with Gasteiger partial charge in [0.25, 0.3) is 5.91 Å². The van der Waals surface area contributed by atoms with Crippen molar-refractivity contribution in [1.29, 1.82) is 0 Å². The Labute approximate surface area is 163 Å². The summed E-state index contributed by atoms with van der Waals surface area (Å²) in [6.07, 6.45) is 3.22. The van der Waals surface area contributed by atoms with Gasteiger partial charge in [-0.1, -0.05) is 53.7 Å². The van der Waals surface area contributed by atoms with E-state index < -0.39 is 5.97 Å². The Bertz CT molecular complexity index is 729. The van der Waals surface area contributed by atoms with Crippen LogP contribution in [0, 0.1) is 10.8 Å². The zero-order chi connectivity index (χ0) is 20.0. The molecule has 148 valence electrons. The van der Waals surface area contributed by atoms with Crippen molar-refractivity contribution in [3.8, 4) is 0 Å². The van der Waals surface area contributed by atoms with Gasteiger partial charge in [-0.05, 0) is 53.2 Å². The van der Waals surface area contributed by atoms with Crippen LogP contribution in [-0.2, 0) is 14.9 Å². The number of amides is 1. The van der Waals surface area contributed by atoms with Crippen molar-refractivity contribution in [3.63, 3.8) is 0 Å². The maximum Gasteiger partial charge on any atom is 0.338 e. The zero-order valence-corrected chi connectivity index (χ0v) is 17.6. The van der Waals surface area contributed by atoms with E-state index in [-0.39, 0.29) is 34.8 Å². The highest BCUT2D eigenvalue weighted by Crippen LogP contribution is 2.52. The van der Waals surface area contributed by atoms with Crippen molar-refractivity contribution in [1.82, 2.24) is 4.90 Å². The van der Waals surface area contributed by atoms with Crippen LogP contribution in [0.25, 0.3) is 0 Å². The van der Waals surface area contributed by atoms with Crippen LogP contribution in [0.15, 0.2) is 24.3 Å². The summed E-state index contributed by atoms with van der Waals surface area (Å²) in [5.74, 6) is -0.501. The first-order valence-electron chi connectivity index (χ1n) is 9.96. The van der Waals surface area contributed by atoms with Crippen LogP contribution in [0.2, 0.25) is 0 Å². The molecule has 1 aliphatic carbocycles. The Morgan fingerprint density at radius 1 is 1.11 bits per heavy atom. The molecule has 1 saturated heterocycles. The average Bonchev–Trinajstić information content (AvgIpc) is 2.80. The number of likely N-dealkylation sites (tertiary alicyclic amines) is 1. The largest absolute Gasteiger partial charge is 0.452 e. The number of rotatable bonds is 3. The molecule has 2 atom stereocenters. The molecule has 0 aromatic heterocycles. The summed E-state index contributed by atoms with van der Waals surface area (Å²) < 4.78 is 5.33. The van der Waals surface area contributed by atoms with Gasteiger partial charge in [0.15, 0.2) is 6.61 Å². The minimum atomic E-state index is -0.433. The fourth-order valence-electron chi connectivity index (χ4n) is 5.15. The second kappa shape index (κ2) is 6.65. The molecule has 3 rings (SSSR count). The van der Waals surface area contributed by atoms with E-state index in [0.29, 0.717) is 5.56 Å². The third kappa shape index (κ3) is 4.36. The fourth-order valence-corrected chi connectivity index (χ4v) is 5.15. The molecule has 0 spiro atoms. The van der Waals surface area contributed by atoms with E-state index in [9.17, 15) is 9.59 Å². The van der Waals surface area contributed by atoms with Gasteiger partial charge in [0.2, 0.25) is 0 Å². The van der Waals surface area contributed by atoms with Crippen molar-refractivity contribution in [2.75, 3.05) is 13.2 Å².